The van der Waals surface area contributed by atoms with E-state index in [-0.39, 0.29) is 30.1 Å². The topological polar surface area (TPSA) is 60.4 Å². The van der Waals surface area contributed by atoms with Crippen LogP contribution in [0.15, 0.2) is 4.99 Å². The van der Waals surface area contributed by atoms with Crippen LogP contribution in [0, 0.1) is 5.92 Å². The van der Waals surface area contributed by atoms with E-state index in [0.717, 1.165) is 32.1 Å². The molecule has 2 rings (SSSR count). The molecule has 0 aromatic heterocycles. The Morgan fingerprint density at radius 3 is 2.22 bits per heavy atom. The summed E-state index contributed by atoms with van der Waals surface area (Å²) in [4.78, 5) is 23.4. The van der Waals surface area contributed by atoms with E-state index in [0.29, 0.717) is 25.6 Å². The van der Waals surface area contributed by atoms with Crippen molar-refractivity contribution in [3.63, 3.8) is 0 Å². The molecule has 0 atom stereocenters. The van der Waals surface area contributed by atoms with E-state index in [1.165, 1.54) is 38.9 Å². The smallest absolute Gasteiger partial charge is 0.409 e. The van der Waals surface area contributed by atoms with Crippen LogP contribution >= 0.6 is 24.0 Å². The molecule has 0 aliphatic carbocycles. The van der Waals surface area contributed by atoms with Gasteiger partial charge in [-0.2, -0.15) is 0 Å². The zero-order valence-corrected chi connectivity index (χ0v) is 19.6. The molecule has 1 N–H and O–H groups in total. The molecule has 0 spiro atoms. The Morgan fingerprint density at radius 1 is 1.04 bits per heavy atom. The van der Waals surface area contributed by atoms with Crippen LogP contribution in [0.1, 0.15) is 40.0 Å². The maximum Gasteiger partial charge on any atom is 0.409 e. The number of halogens is 1. The van der Waals surface area contributed by atoms with Crippen molar-refractivity contribution in [3.8, 4) is 0 Å². The zero-order valence-electron chi connectivity index (χ0n) is 17.3. The molecule has 158 valence electrons. The van der Waals surface area contributed by atoms with Crippen LogP contribution in [-0.2, 0) is 4.74 Å². The summed E-state index contributed by atoms with van der Waals surface area (Å²) < 4.78 is 5.10. The number of amides is 1. The molecule has 0 bridgehead atoms. The van der Waals surface area contributed by atoms with Gasteiger partial charge in [-0.1, -0.05) is 6.92 Å². The molecule has 0 aromatic carbocycles. The van der Waals surface area contributed by atoms with Gasteiger partial charge in [0.1, 0.15) is 0 Å². The minimum atomic E-state index is -0.201. The van der Waals surface area contributed by atoms with Crippen molar-refractivity contribution >= 4 is 36.0 Å². The molecule has 0 radical (unpaired) electrons. The highest BCUT2D eigenvalue weighted by molar-refractivity contribution is 14.0. The van der Waals surface area contributed by atoms with E-state index in [2.05, 4.69) is 29.0 Å². The SMILES string of the molecule is CCCN1CCC(CN=C(NCC)N2CCN(C(=O)OCC)CC2)CC1.I. The second-order valence-corrected chi connectivity index (χ2v) is 7.15. The number of carbonyl (C=O) groups excluding carboxylic acids is 1. The highest BCUT2D eigenvalue weighted by Crippen LogP contribution is 2.18. The summed E-state index contributed by atoms with van der Waals surface area (Å²) in [5.41, 5.74) is 0. The summed E-state index contributed by atoms with van der Waals surface area (Å²) >= 11 is 0. The van der Waals surface area contributed by atoms with Gasteiger partial charge in [-0.15, -0.1) is 24.0 Å². The molecule has 1 amide bonds. The fraction of sp³-hybridized carbons (Fsp3) is 0.895. The van der Waals surface area contributed by atoms with Gasteiger partial charge in [0, 0.05) is 39.3 Å². The molecular formula is C19H38IN5O2. The number of piperidine rings is 1. The summed E-state index contributed by atoms with van der Waals surface area (Å²) in [5, 5.41) is 3.42. The maximum absolute atomic E-state index is 11.8. The summed E-state index contributed by atoms with van der Waals surface area (Å²) in [5.74, 6) is 1.68. The Hall–Kier alpha value is -0.770. The number of piperazine rings is 1. The average Bonchev–Trinajstić information content (AvgIpc) is 2.67. The second kappa shape index (κ2) is 13.4. The molecule has 7 nitrogen and oxygen atoms in total. The monoisotopic (exact) mass is 495 g/mol. The van der Waals surface area contributed by atoms with Crippen LogP contribution in [0.25, 0.3) is 0 Å². The van der Waals surface area contributed by atoms with Gasteiger partial charge in [0.25, 0.3) is 0 Å². The predicted octanol–water partition coefficient (Wildman–Crippen LogP) is 2.47. The summed E-state index contributed by atoms with van der Waals surface area (Å²) in [6.45, 7) is 15.0. The largest absolute Gasteiger partial charge is 0.450 e. The van der Waals surface area contributed by atoms with Crippen molar-refractivity contribution in [1.82, 2.24) is 20.0 Å². The van der Waals surface area contributed by atoms with E-state index in [1.54, 1.807) is 4.90 Å². The fourth-order valence-corrected chi connectivity index (χ4v) is 3.67. The molecule has 8 heteroatoms. The van der Waals surface area contributed by atoms with Gasteiger partial charge >= 0.3 is 6.09 Å². The van der Waals surface area contributed by atoms with Crippen LogP contribution in [0.5, 0.6) is 0 Å². The maximum atomic E-state index is 11.8. The molecule has 0 unspecified atom stereocenters. The summed E-state index contributed by atoms with van der Waals surface area (Å²) in [6, 6.07) is 0. The van der Waals surface area contributed by atoms with Crippen molar-refractivity contribution < 1.29 is 9.53 Å². The van der Waals surface area contributed by atoms with Gasteiger partial charge in [0.2, 0.25) is 0 Å². The Morgan fingerprint density at radius 2 is 1.67 bits per heavy atom. The van der Waals surface area contributed by atoms with Crippen molar-refractivity contribution in [2.24, 2.45) is 10.9 Å². The van der Waals surface area contributed by atoms with E-state index in [9.17, 15) is 4.79 Å². The molecular weight excluding hydrogens is 457 g/mol. The standard InChI is InChI=1S/C19H37N5O2.HI/c1-4-9-22-10-7-17(8-11-22)16-21-18(20-5-2)23-12-14-24(15-13-23)19(25)26-6-3;/h17H,4-16H2,1-3H3,(H,20,21);1H. The number of guanidine groups is 1. The van der Waals surface area contributed by atoms with E-state index in [4.69, 9.17) is 9.73 Å². The van der Waals surface area contributed by atoms with Crippen molar-refractivity contribution in [2.45, 2.75) is 40.0 Å². The minimum absolute atomic E-state index is 0. The molecule has 2 saturated heterocycles. The van der Waals surface area contributed by atoms with Crippen LogP contribution in [0.3, 0.4) is 0 Å². The van der Waals surface area contributed by atoms with Gasteiger partial charge in [0.15, 0.2) is 5.96 Å². The Labute approximate surface area is 181 Å². The Bertz CT molecular complexity index is 447. The average molecular weight is 495 g/mol. The van der Waals surface area contributed by atoms with Gasteiger partial charge in [-0.25, -0.2) is 4.79 Å². The van der Waals surface area contributed by atoms with Crippen molar-refractivity contribution in [1.29, 1.82) is 0 Å². The fourth-order valence-electron chi connectivity index (χ4n) is 3.67. The molecule has 27 heavy (non-hydrogen) atoms. The molecule has 2 aliphatic rings. The van der Waals surface area contributed by atoms with E-state index < -0.39 is 0 Å². The third-order valence-electron chi connectivity index (χ3n) is 5.19. The highest BCUT2D eigenvalue weighted by atomic mass is 127. The molecule has 0 saturated carbocycles. The van der Waals surface area contributed by atoms with E-state index >= 15 is 0 Å². The molecule has 0 aromatic rings. The highest BCUT2D eigenvalue weighted by Gasteiger charge is 2.24. The lowest BCUT2D eigenvalue weighted by atomic mass is 9.97. The molecule has 2 fully saturated rings. The third-order valence-corrected chi connectivity index (χ3v) is 5.19. The second-order valence-electron chi connectivity index (χ2n) is 7.15. The van der Waals surface area contributed by atoms with Crippen LogP contribution in [0.4, 0.5) is 4.79 Å². The number of nitrogens with one attached hydrogen (secondary N) is 1. The number of hydrogen-bond acceptors (Lipinski definition) is 4. The van der Waals surface area contributed by atoms with Gasteiger partial charge < -0.3 is 24.8 Å². The van der Waals surface area contributed by atoms with E-state index in [1.807, 2.05) is 6.92 Å². The number of carbonyl (C=O) groups is 1. The third kappa shape index (κ3) is 8.01. The van der Waals surface area contributed by atoms with Crippen LogP contribution in [-0.4, -0.2) is 92.3 Å². The minimum Gasteiger partial charge on any atom is -0.450 e. The lowest BCUT2D eigenvalue weighted by Gasteiger charge is -2.36. The summed E-state index contributed by atoms with van der Waals surface area (Å²) in [7, 11) is 0. The zero-order chi connectivity index (χ0) is 18.8. The number of rotatable bonds is 6. The molecule has 2 aliphatic heterocycles. The Balaban J connectivity index is 0.00000364. The number of ether oxygens (including phenoxy) is 1. The Kier molecular flexibility index (Phi) is 12.1. The van der Waals surface area contributed by atoms with Gasteiger partial charge in [-0.05, 0) is 58.7 Å². The quantitative estimate of drug-likeness (QED) is 0.349. The lowest BCUT2D eigenvalue weighted by Crippen LogP contribution is -2.54. The first-order valence-corrected chi connectivity index (χ1v) is 10.3. The van der Waals surface area contributed by atoms with Crippen molar-refractivity contribution in [2.75, 3.05) is 65.5 Å². The number of aliphatic imine (C=N–C) groups is 1. The lowest BCUT2D eigenvalue weighted by molar-refractivity contribution is 0.0914. The first-order valence-electron chi connectivity index (χ1n) is 10.3. The van der Waals surface area contributed by atoms with Crippen LogP contribution in [0.2, 0.25) is 0 Å². The molecule has 2 heterocycles. The summed E-state index contributed by atoms with van der Waals surface area (Å²) in [6.07, 6.45) is 3.54. The normalized spacial score (nSPS) is 19.6. The first kappa shape index (κ1) is 24.3. The van der Waals surface area contributed by atoms with Crippen LogP contribution < -0.4 is 5.32 Å². The number of likely N-dealkylation sites (tertiary alicyclic amines) is 1. The number of nitrogens with zero attached hydrogens (tertiary/aromatic N) is 4. The first-order chi connectivity index (χ1) is 12.7. The number of hydrogen-bond donors (Lipinski definition) is 1. The van der Waals surface area contributed by atoms with Crippen molar-refractivity contribution in [3.05, 3.63) is 0 Å². The van der Waals surface area contributed by atoms with Gasteiger partial charge in [0.05, 0.1) is 6.61 Å². The van der Waals surface area contributed by atoms with Gasteiger partial charge in [-0.3, -0.25) is 4.99 Å². The predicted molar refractivity (Wildman–Crippen MR) is 121 cm³/mol.